The second-order valence-electron chi connectivity index (χ2n) is 15.1. The highest BCUT2D eigenvalue weighted by Crippen LogP contribution is 2.43. The third kappa shape index (κ3) is 44.7. The van der Waals surface area contributed by atoms with Crippen LogP contribution in [-0.4, -0.2) is 60.5 Å². The number of ether oxygens (including phenoxy) is 2. The van der Waals surface area contributed by atoms with E-state index >= 15 is 0 Å². The molecule has 0 bridgehead atoms. The van der Waals surface area contributed by atoms with Gasteiger partial charge >= 0.3 is 19.8 Å². The van der Waals surface area contributed by atoms with E-state index in [2.05, 4.69) is 111 Å². The zero-order valence-corrected chi connectivity index (χ0v) is 38.9. The summed E-state index contributed by atoms with van der Waals surface area (Å²) in [5.74, 6) is -1.80. The molecule has 0 spiro atoms. The van der Waals surface area contributed by atoms with Crippen LogP contribution in [0.5, 0.6) is 0 Å². The Balaban J connectivity index is 4.25. The number of phosphoric ester groups is 1. The Hall–Kier alpha value is -3.11. The Morgan fingerprint density at radius 2 is 0.902 bits per heavy atom. The van der Waals surface area contributed by atoms with Crippen molar-refractivity contribution in [1.82, 2.24) is 0 Å². The van der Waals surface area contributed by atoms with Crippen LogP contribution in [0.2, 0.25) is 0 Å². The van der Waals surface area contributed by atoms with Crippen LogP contribution in [-0.2, 0) is 32.7 Å². The lowest BCUT2D eigenvalue weighted by molar-refractivity contribution is -0.154. The number of esters is 1. The first-order chi connectivity index (χ1) is 29.7. The summed E-state index contributed by atoms with van der Waals surface area (Å²) in [7, 11) is -4.63. The van der Waals surface area contributed by atoms with Crippen LogP contribution in [0.1, 0.15) is 168 Å². The maximum atomic E-state index is 12.7. The third-order valence-electron chi connectivity index (χ3n) is 9.36. The van der Waals surface area contributed by atoms with Crippen LogP contribution in [0, 0.1) is 0 Å². The molecule has 0 heterocycles. The van der Waals surface area contributed by atoms with E-state index in [1.54, 1.807) is 0 Å². The molecule has 4 N–H and O–H groups in total. The van der Waals surface area contributed by atoms with Crippen LogP contribution in [0.4, 0.5) is 0 Å². The zero-order valence-electron chi connectivity index (χ0n) is 38.0. The molecular formula is C50H84NO9P. The van der Waals surface area contributed by atoms with Gasteiger partial charge in [-0.05, 0) is 89.9 Å². The van der Waals surface area contributed by atoms with E-state index < -0.39 is 45.1 Å². The van der Waals surface area contributed by atoms with E-state index in [1.165, 1.54) is 32.1 Å². The van der Waals surface area contributed by atoms with Gasteiger partial charge in [-0.1, -0.05) is 169 Å². The van der Waals surface area contributed by atoms with Gasteiger partial charge in [0.1, 0.15) is 12.1 Å². The number of nitrogens with two attached hydrogens (primary N) is 1. The van der Waals surface area contributed by atoms with Crippen molar-refractivity contribution in [3.8, 4) is 0 Å². The van der Waals surface area contributed by atoms with Gasteiger partial charge in [-0.2, -0.15) is 0 Å². The van der Waals surface area contributed by atoms with Gasteiger partial charge in [0.25, 0.3) is 0 Å². The van der Waals surface area contributed by atoms with Gasteiger partial charge in [0.2, 0.25) is 0 Å². The fourth-order valence-corrected chi connectivity index (χ4v) is 6.60. The molecule has 0 rings (SSSR count). The van der Waals surface area contributed by atoms with Gasteiger partial charge in [-0.15, -0.1) is 0 Å². The van der Waals surface area contributed by atoms with Crippen molar-refractivity contribution in [1.29, 1.82) is 0 Å². The topological polar surface area (TPSA) is 155 Å². The monoisotopic (exact) mass is 874 g/mol. The first kappa shape index (κ1) is 57.9. The van der Waals surface area contributed by atoms with Crippen molar-refractivity contribution in [2.75, 3.05) is 26.4 Å². The maximum Gasteiger partial charge on any atom is 0.472 e. The summed E-state index contributed by atoms with van der Waals surface area (Å²) in [5.41, 5.74) is 5.36. The van der Waals surface area contributed by atoms with Crippen molar-refractivity contribution < 1.29 is 42.7 Å². The molecule has 0 aliphatic rings. The smallest absolute Gasteiger partial charge is 0.472 e. The van der Waals surface area contributed by atoms with E-state index in [-0.39, 0.29) is 13.0 Å². The third-order valence-corrected chi connectivity index (χ3v) is 10.3. The average Bonchev–Trinajstić information content (AvgIpc) is 3.24. The number of allylic oxidation sites excluding steroid dienone is 16. The summed E-state index contributed by atoms with van der Waals surface area (Å²) in [6, 6.07) is -1.48. The van der Waals surface area contributed by atoms with Crippen molar-refractivity contribution in [2.24, 2.45) is 5.73 Å². The van der Waals surface area contributed by atoms with E-state index in [0.29, 0.717) is 13.0 Å². The molecule has 3 unspecified atom stereocenters. The SMILES string of the molecule is CC/C=C\C/C=C\C/C=C\C/C=C\C/C=C\CCCCCCCCCC(=O)OC(COCCCCCCCC/C=C\C/C=C\C/C=C\CC)COP(=O)(O)OCC(N)C(=O)O. The number of carboxylic acids is 1. The number of hydrogen-bond donors (Lipinski definition) is 3. The Labute approximate surface area is 370 Å². The van der Waals surface area contributed by atoms with Crippen LogP contribution >= 0.6 is 7.82 Å². The van der Waals surface area contributed by atoms with Crippen molar-refractivity contribution in [3.05, 3.63) is 97.2 Å². The highest BCUT2D eigenvalue weighted by atomic mass is 31.2. The summed E-state index contributed by atoms with van der Waals surface area (Å²) >= 11 is 0. The maximum absolute atomic E-state index is 12.7. The lowest BCUT2D eigenvalue weighted by Gasteiger charge is -2.20. The van der Waals surface area contributed by atoms with E-state index in [1.807, 2.05) is 0 Å². The molecule has 0 saturated carbocycles. The Kier molecular flexibility index (Phi) is 42.6. The minimum absolute atomic E-state index is 0.00301. The van der Waals surface area contributed by atoms with Gasteiger partial charge in [0.05, 0.1) is 19.8 Å². The van der Waals surface area contributed by atoms with Crippen molar-refractivity contribution in [2.45, 2.75) is 180 Å². The molecule has 61 heavy (non-hydrogen) atoms. The van der Waals surface area contributed by atoms with Gasteiger partial charge in [0.15, 0.2) is 0 Å². The molecule has 0 aromatic rings. The lowest BCUT2D eigenvalue weighted by Crippen LogP contribution is -2.34. The first-order valence-corrected chi connectivity index (χ1v) is 24.8. The number of carbonyl (C=O) groups is 2. The molecule has 0 saturated heterocycles. The summed E-state index contributed by atoms with van der Waals surface area (Å²) < 4.78 is 33.4. The molecule has 0 aliphatic heterocycles. The molecule has 3 atom stereocenters. The number of aliphatic carboxylic acids is 1. The van der Waals surface area contributed by atoms with Crippen LogP contribution in [0.3, 0.4) is 0 Å². The Morgan fingerprint density at radius 3 is 1.34 bits per heavy atom. The Bertz CT molecular complexity index is 1330. The number of carboxylic acid groups (broad SMARTS) is 1. The second-order valence-corrected chi connectivity index (χ2v) is 16.6. The van der Waals surface area contributed by atoms with Gasteiger partial charge in [-0.25, -0.2) is 4.57 Å². The standard InChI is InChI=1S/C50H84NO9P/c1-3-5-7-9-11-13-15-17-19-21-22-23-24-25-26-27-28-30-32-34-36-38-40-42-49(52)60-47(45-58-61(55,56)59-46-48(51)50(53)54)44-57-43-41-39-37-35-33-31-29-20-18-16-14-12-10-8-6-4-2/h5-8,11-14,17-20,22-23,25-26,47-48H,3-4,9-10,15-16,21,24,27-46,51H2,1-2H3,(H,53,54)(H,55,56)/b7-5-,8-6-,13-11-,14-12-,19-17-,20-18-,23-22-,26-25-. The molecule has 348 valence electrons. The number of unbranched alkanes of at least 4 members (excludes halogenated alkanes) is 13. The first-order valence-electron chi connectivity index (χ1n) is 23.3. The molecule has 0 aliphatic carbocycles. The fourth-order valence-electron chi connectivity index (χ4n) is 5.82. The summed E-state index contributed by atoms with van der Waals surface area (Å²) in [6.45, 7) is 3.60. The number of phosphoric acid groups is 1. The molecular weight excluding hydrogens is 790 g/mol. The summed E-state index contributed by atoms with van der Waals surface area (Å²) in [4.78, 5) is 33.6. The van der Waals surface area contributed by atoms with E-state index in [9.17, 15) is 19.0 Å². The second kappa shape index (κ2) is 44.9. The number of hydrogen-bond acceptors (Lipinski definition) is 8. The van der Waals surface area contributed by atoms with Gasteiger partial charge in [0, 0.05) is 13.0 Å². The normalized spacial score (nSPS) is 14.7. The summed E-state index contributed by atoms with van der Waals surface area (Å²) in [6.07, 6.45) is 58.8. The average molecular weight is 874 g/mol. The van der Waals surface area contributed by atoms with Gasteiger partial charge in [-0.3, -0.25) is 18.6 Å². The predicted octanol–water partition coefficient (Wildman–Crippen LogP) is 13.3. The summed E-state index contributed by atoms with van der Waals surface area (Å²) in [5, 5.41) is 8.91. The van der Waals surface area contributed by atoms with Crippen LogP contribution in [0.15, 0.2) is 97.2 Å². The molecule has 11 heteroatoms. The molecule has 0 fully saturated rings. The molecule has 0 aromatic heterocycles. The molecule has 0 aromatic carbocycles. The highest BCUT2D eigenvalue weighted by molar-refractivity contribution is 7.47. The molecule has 10 nitrogen and oxygen atoms in total. The van der Waals surface area contributed by atoms with E-state index in [4.69, 9.17) is 29.4 Å². The number of rotatable bonds is 43. The van der Waals surface area contributed by atoms with Crippen molar-refractivity contribution >= 4 is 19.8 Å². The predicted molar refractivity (Wildman–Crippen MR) is 253 cm³/mol. The minimum Gasteiger partial charge on any atom is -0.480 e. The quantitative estimate of drug-likeness (QED) is 0.0233. The minimum atomic E-state index is -4.63. The molecule has 0 radical (unpaired) electrons. The highest BCUT2D eigenvalue weighted by Gasteiger charge is 2.27. The molecule has 0 amide bonds. The zero-order chi connectivity index (χ0) is 44.8. The van der Waals surface area contributed by atoms with Crippen LogP contribution in [0.25, 0.3) is 0 Å². The van der Waals surface area contributed by atoms with Crippen molar-refractivity contribution in [3.63, 3.8) is 0 Å². The van der Waals surface area contributed by atoms with Crippen LogP contribution < -0.4 is 5.73 Å². The largest absolute Gasteiger partial charge is 0.480 e. The van der Waals surface area contributed by atoms with E-state index in [0.717, 1.165) is 109 Å². The lowest BCUT2D eigenvalue weighted by atomic mass is 10.1. The number of carbonyl (C=O) groups excluding carboxylic acids is 1. The Morgan fingerprint density at radius 1 is 0.525 bits per heavy atom. The van der Waals surface area contributed by atoms with Gasteiger partial charge < -0.3 is 25.2 Å². The fraction of sp³-hybridized carbons (Fsp3) is 0.640.